The fourth-order valence-corrected chi connectivity index (χ4v) is 3.45. The van der Waals surface area contributed by atoms with Crippen LogP contribution in [0, 0.1) is 11.7 Å². The van der Waals surface area contributed by atoms with Crippen molar-refractivity contribution < 1.29 is 4.39 Å². The average Bonchev–Trinajstić information content (AvgIpc) is 2.92. The molecule has 2 atom stereocenters. The predicted molar refractivity (Wildman–Crippen MR) is 90.0 cm³/mol. The number of hydrogen-bond acceptors (Lipinski definition) is 2. The second-order valence-corrected chi connectivity index (χ2v) is 7.27. The molecule has 1 aromatic rings. The van der Waals surface area contributed by atoms with Crippen molar-refractivity contribution in [3.63, 3.8) is 0 Å². The SMILES string of the molecule is CC(NCC(C(C)C)N1CCCC1)c1ccc(Br)cc1F. The quantitative estimate of drug-likeness (QED) is 0.814. The van der Waals surface area contributed by atoms with Crippen LogP contribution in [0.25, 0.3) is 0 Å². The molecule has 1 fully saturated rings. The maximum Gasteiger partial charge on any atom is 0.129 e. The van der Waals surface area contributed by atoms with Crippen LogP contribution in [-0.2, 0) is 0 Å². The third-order valence-corrected chi connectivity index (χ3v) is 4.93. The zero-order valence-corrected chi connectivity index (χ0v) is 14.8. The van der Waals surface area contributed by atoms with Crippen molar-refractivity contribution in [1.82, 2.24) is 10.2 Å². The summed E-state index contributed by atoms with van der Waals surface area (Å²) in [5.41, 5.74) is 0.738. The van der Waals surface area contributed by atoms with E-state index in [0.717, 1.165) is 16.6 Å². The maximum atomic E-state index is 14.0. The molecule has 0 radical (unpaired) electrons. The number of likely N-dealkylation sites (tertiary alicyclic amines) is 1. The summed E-state index contributed by atoms with van der Waals surface area (Å²) >= 11 is 3.30. The standard InChI is InChI=1S/C17H26BrFN2/c1-12(2)17(21-8-4-5-9-21)11-20-13(3)15-7-6-14(18)10-16(15)19/h6-7,10,12-13,17,20H,4-5,8-9,11H2,1-3H3. The van der Waals surface area contributed by atoms with Gasteiger partial charge < -0.3 is 5.32 Å². The van der Waals surface area contributed by atoms with E-state index in [4.69, 9.17) is 0 Å². The summed E-state index contributed by atoms with van der Waals surface area (Å²) in [5, 5.41) is 3.52. The van der Waals surface area contributed by atoms with Crippen molar-refractivity contribution in [1.29, 1.82) is 0 Å². The van der Waals surface area contributed by atoms with E-state index in [1.165, 1.54) is 32.0 Å². The number of hydrogen-bond donors (Lipinski definition) is 1. The number of rotatable bonds is 6. The van der Waals surface area contributed by atoms with Crippen LogP contribution in [0.5, 0.6) is 0 Å². The summed E-state index contributed by atoms with van der Waals surface area (Å²) in [5.74, 6) is 0.462. The molecule has 0 bridgehead atoms. The number of halogens is 2. The molecule has 1 aliphatic rings. The van der Waals surface area contributed by atoms with Gasteiger partial charge in [0.25, 0.3) is 0 Å². The van der Waals surface area contributed by atoms with Gasteiger partial charge in [-0.1, -0.05) is 35.8 Å². The van der Waals surface area contributed by atoms with Crippen molar-refractivity contribution in [2.45, 2.75) is 45.7 Å². The highest BCUT2D eigenvalue weighted by Crippen LogP contribution is 2.22. The van der Waals surface area contributed by atoms with E-state index in [-0.39, 0.29) is 11.9 Å². The molecule has 21 heavy (non-hydrogen) atoms. The van der Waals surface area contributed by atoms with Crippen LogP contribution in [0.15, 0.2) is 22.7 Å². The smallest absolute Gasteiger partial charge is 0.129 e. The lowest BCUT2D eigenvalue weighted by molar-refractivity contribution is 0.182. The Morgan fingerprint density at radius 1 is 1.24 bits per heavy atom. The minimum absolute atomic E-state index is 0.0296. The lowest BCUT2D eigenvalue weighted by Gasteiger charge is -2.32. The van der Waals surface area contributed by atoms with E-state index in [1.54, 1.807) is 0 Å². The van der Waals surface area contributed by atoms with E-state index in [2.05, 4.69) is 40.0 Å². The first-order valence-electron chi connectivity index (χ1n) is 7.91. The molecular formula is C17H26BrFN2. The first-order valence-corrected chi connectivity index (χ1v) is 8.70. The fourth-order valence-electron chi connectivity index (χ4n) is 3.12. The molecule has 0 saturated carbocycles. The Balaban J connectivity index is 1.96. The zero-order chi connectivity index (χ0) is 15.4. The van der Waals surface area contributed by atoms with Gasteiger partial charge in [0.15, 0.2) is 0 Å². The Labute approximate surface area is 136 Å². The summed E-state index contributed by atoms with van der Waals surface area (Å²) in [4.78, 5) is 2.57. The zero-order valence-electron chi connectivity index (χ0n) is 13.2. The van der Waals surface area contributed by atoms with Crippen molar-refractivity contribution in [2.75, 3.05) is 19.6 Å². The molecule has 118 valence electrons. The molecule has 1 heterocycles. The van der Waals surface area contributed by atoms with Gasteiger partial charge in [-0.15, -0.1) is 0 Å². The van der Waals surface area contributed by atoms with E-state index < -0.39 is 0 Å². The van der Waals surface area contributed by atoms with Gasteiger partial charge in [0.05, 0.1) is 0 Å². The van der Waals surface area contributed by atoms with Gasteiger partial charge in [-0.3, -0.25) is 4.90 Å². The second kappa shape index (κ2) is 7.70. The Bertz CT molecular complexity index is 458. The van der Waals surface area contributed by atoms with Gasteiger partial charge in [-0.25, -0.2) is 4.39 Å². The molecule has 2 nitrogen and oxygen atoms in total. The van der Waals surface area contributed by atoms with E-state index in [9.17, 15) is 4.39 Å². The summed E-state index contributed by atoms with van der Waals surface area (Å²) < 4.78 is 14.8. The molecule has 0 aromatic heterocycles. The lowest BCUT2D eigenvalue weighted by Crippen LogP contribution is -2.44. The number of benzene rings is 1. The third kappa shape index (κ3) is 4.51. The fraction of sp³-hybridized carbons (Fsp3) is 0.647. The van der Waals surface area contributed by atoms with Crippen molar-refractivity contribution in [3.8, 4) is 0 Å². The van der Waals surface area contributed by atoms with Crippen LogP contribution in [0.4, 0.5) is 4.39 Å². The Morgan fingerprint density at radius 3 is 2.48 bits per heavy atom. The van der Waals surface area contributed by atoms with E-state index in [1.807, 2.05) is 19.1 Å². The minimum Gasteiger partial charge on any atom is -0.309 e. The van der Waals surface area contributed by atoms with Gasteiger partial charge >= 0.3 is 0 Å². The van der Waals surface area contributed by atoms with Crippen molar-refractivity contribution >= 4 is 15.9 Å². The molecule has 1 aromatic carbocycles. The van der Waals surface area contributed by atoms with Crippen molar-refractivity contribution in [3.05, 3.63) is 34.1 Å². The van der Waals surface area contributed by atoms with Gasteiger partial charge in [-0.2, -0.15) is 0 Å². The Kier molecular flexibility index (Phi) is 6.20. The highest BCUT2D eigenvalue weighted by Gasteiger charge is 2.25. The van der Waals surface area contributed by atoms with Crippen LogP contribution in [0.1, 0.15) is 45.2 Å². The Hall–Kier alpha value is -0.450. The average molecular weight is 357 g/mol. The minimum atomic E-state index is -0.147. The molecule has 4 heteroatoms. The summed E-state index contributed by atoms with van der Waals surface area (Å²) in [6.07, 6.45) is 2.61. The highest BCUT2D eigenvalue weighted by atomic mass is 79.9. The van der Waals surface area contributed by atoms with Crippen LogP contribution < -0.4 is 5.32 Å². The highest BCUT2D eigenvalue weighted by molar-refractivity contribution is 9.10. The van der Waals surface area contributed by atoms with Gasteiger partial charge in [-0.05, 0) is 50.9 Å². The van der Waals surface area contributed by atoms with E-state index >= 15 is 0 Å². The van der Waals surface area contributed by atoms with Crippen LogP contribution in [0.2, 0.25) is 0 Å². The molecule has 2 unspecified atom stereocenters. The molecule has 2 rings (SSSR count). The van der Waals surface area contributed by atoms with Crippen molar-refractivity contribution in [2.24, 2.45) is 5.92 Å². The van der Waals surface area contributed by atoms with E-state index in [0.29, 0.717) is 12.0 Å². The molecule has 0 aliphatic carbocycles. The van der Waals surface area contributed by atoms with Gasteiger partial charge in [0.1, 0.15) is 5.82 Å². The lowest BCUT2D eigenvalue weighted by atomic mass is 10.0. The first kappa shape index (κ1) is 16.9. The van der Waals surface area contributed by atoms with Gasteiger partial charge in [0, 0.05) is 28.7 Å². The predicted octanol–water partition coefficient (Wildman–Crippen LogP) is 4.36. The first-order chi connectivity index (χ1) is 9.99. The summed E-state index contributed by atoms with van der Waals surface area (Å²) in [6, 6.07) is 5.86. The monoisotopic (exact) mass is 356 g/mol. The number of nitrogens with one attached hydrogen (secondary N) is 1. The molecule has 1 saturated heterocycles. The normalized spacial score (nSPS) is 19.1. The molecule has 1 aliphatic heterocycles. The Morgan fingerprint density at radius 2 is 1.90 bits per heavy atom. The maximum absolute atomic E-state index is 14.0. The molecule has 0 spiro atoms. The molecular weight excluding hydrogens is 331 g/mol. The van der Waals surface area contributed by atoms with Crippen LogP contribution >= 0.6 is 15.9 Å². The second-order valence-electron chi connectivity index (χ2n) is 6.35. The summed E-state index contributed by atoms with van der Waals surface area (Å²) in [6.45, 7) is 9.89. The van der Waals surface area contributed by atoms with Gasteiger partial charge in [0.2, 0.25) is 0 Å². The molecule has 1 N–H and O–H groups in total. The number of nitrogens with zero attached hydrogens (tertiary/aromatic N) is 1. The topological polar surface area (TPSA) is 15.3 Å². The summed E-state index contributed by atoms with van der Waals surface area (Å²) in [7, 11) is 0. The largest absolute Gasteiger partial charge is 0.309 e. The van der Waals surface area contributed by atoms with Crippen LogP contribution in [0.3, 0.4) is 0 Å². The molecule has 0 amide bonds. The third-order valence-electron chi connectivity index (χ3n) is 4.44. The van der Waals surface area contributed by atoms with Crippen LogP contribution in [-0.4, -0.2) is 30.6 Å².